The number of carbonyl (C=O) groups excluding carboxylic acids is 4. The summed E-state index contributed by atoms with van der Waals surface area (Å²) in [5, 5.41) is 21.7. The van der Waals surface area contributed by atoms with Crippen LogP contribution in [-0.4, -0.2) is 78.8 Å². The van der Waals surface area contributed by atoms with E-state index in [4.69, 9.17) is 5.26 Å². The van der Waals surface area contributed by atoms with Crippen molar-refractivity contribution in [2.75, 3.05) is 18.6 Å². The summed E-state index contributed by atoms with van der Waals surface area (Å²) in [6.45, 7) is 9.11. The molecule has 208 valence electrons. The van der Waals surface area contributed by atoms with Crippen LogP contribution < -0.4 is 10.6 Å². The zero-order valence-corrected chi connectivity index (χ0v) is 25.3. The average Bonchev–Trinajstić information content (AvgIpc) is 2.65. The van der Waals surface area contributed by atoms with Crippen molar-refractivity contribution >= 4 is 39.2 Å². The summed E-state index contributed by atoms with van der Waals surface area (Å²) in [7, 11) is -3.33. The van der Waals surface area contributed by atoms with Crippen LogP contribution in [0.5, 0.6) is 0 Å². The first-order valence-corrected chi connectivity index (χ1v) is 12.7. The largest absolute Gasteiger partial charge is 0.480 e. The molecule has 0 rings (SSSR count). The van der Waals surface area contributed by atoms with Gasteiger partial charge in [0.05, 0.1) is 11.8 Å². The zero-order chi connectivity index (χ0) is 27.2. The summed E-state index contributed by atoms with van der Waals surface area (Å²) < 4.78 is 22.8. The fourth-order valence-electron chi connectivity index (χ4n) is 2.75. The topological polar surface area (TPSA) is 193 Å². The molecule has 2 radical (unpaired) electrons. The van der Waals surface area contributed by atoms with Crippen LogP contribution >= 0.6 is 0 Å². The summed E-state index contributed by atoms with van der Waals surface area (Å²) in [6, 6.07) is -2.11. The minimum Gasteiger partial charge on any atom is -0.480 e. The quantitative estimate of drug-likeness (QED) is 0.158. The monoisotopic (exact) mass is 612 g/mol. The van der Waals surface area contributed by atoms with Gasteiger partial charge in [0.1, 0.15) is 22.5 Å². The fourth-order valence-corrected chi connectivity index (χ4v) is 3.41. The number of nitrogens with one attached hydrogen (secondary N) is 2. The average molecular weight is 612 g/mol. The van der Waals surface area contributed by atoms with E-state index in [9.17, 15) is 37.5 Å². The van der Waals surface area contributed by atoms with Crippen LogP contribution in [-0.2, 0) is 75.8 Å². The van der Waals surface area contributed by atoms with Crippen molar-refractivity contribution in [3.63, 3.8) is 0 Å². The van der Waals surface area contributed by atoms with Gasteiger partial charge in [-0.2, -0.15) is 0 Å². The molecule has 0 aliphatic carbocycles. The van der Waals surface area contributed by atoms with Gasteiger partial charge >= 0.3 is 5.97 Å². The zero-order valence-electron chi connectivity index (χ0n) is 21.7. The third-order valence-electron chi connectivity index (χ3n) is 4.60. The standard InChI is InChI=1S/C18H32N2O7S.C3H6O3.2V/c1-10(2)13(17(23)20-16(11(3)4)18(24)25)9-15(22)14(19-12(5)21)7-8-28(6,26)27;1-3(4)2-6-5;;/h10-11,13-14,16H,7-9H2,1-6H3,(H,19,21)(H,20,23)(H,24,25);5H,2H2,1H3;;. The van der Waals surface area contributed by atoms with Gasteiger partial charge < -0.3 is 15.7 Å². The van der Waals surface area contributed by atoms with E-state index in [-0.39, 0.29) is 79.9 Å². The van der Waals surface area contributed by atoms with Gasteiger partial charge in [-0.25, -0.2) is 18.1 Å². The maximum Gasteiger partial charge on any atom is 0.326 e. The molecule has 0 fully saturated rings. The summed E-state index contributed by atoms with van der Waals surface area (Å²) in [6.07, 6.45) is 0.709. The molecule has 0 aromatic rings. The summed E-state index contributed by atoms with van der Waals surface area (Å²) in [4.78, 5) is 61.2. The van der Waals surface area contributed by atoms with E-state index in [1.807, 2.05) is 0 Å². The van der Waals surface area contributed by atoms with Crippen LogP contribution in [0.2, 0.25) is 0 Å². The number of sulfone groups is 1. The molecule has 0 bridgehead atoms. The van der Waals surface area contributed by atoms with Gasteiger partial charge in [-0.05, 0) is 25.2 Å². The Labute approximate surface area is 236 Å². The molecule has 4 N–H and O–H groups in total. The number of amides is 2. The van der Waals surface area contributed by atoms with Crippen LogP contribution in [0.15, 0.2) is 0 Å². The fraction of sp³-hybridized carbons (Fsp3) is 0.762. The predicted molar refractivity (Wildman–Crippen MR) is 124 cm³/mol. The second kappa shape index (κ2) is 20.8. The summed E-state index contributed by atoms with van der Waals surface area (Å²) >= 11 is 0. The Bertz CT molecular complexity index is 820. The van der Waals surface area contributed by atoms with Crippen molar-refractivity contribution < 1.29 is 84.8 Å². The van der Waals surface area contributed by atoms with Crippen LogP contribution in [0.1, 0.15) is 54.4 Å². The van der Waals surface area contributed by atoms with E-state index >= 15 is 0 Å². The molecule has 36 heavy (non-hydrogen) atoms. The van der Waals surface area contributed by atoms with E-state index < -0.39 is 51.4 Å². The Morgan fingerprint density at radius 3 is 1.69 bits per heavy atom. The minimum absolute atomic E-state index is 0. The van der Waals surface area contributed by atoms with E-state index in [1.54, 1.807) is 27.7 Å². The van der Waals surface area contributed by atoms with Crippen molar-refractivity contribution in [3.05, 3.63) is 0 Å². The predicted octanol–water partition coefficient (Wildman–Crippen LogP) is 0.443. The van der Waals surface area contributed by atoms with E-state index in [0.29, 0.717) is 0 Å². The molecule has 15 heteroatoms. The van der Waals surface area contributed by atoms with Gasteiger partial charge in [-0.3, -0.25) is 24.4 Å². The molecule has 12 nitrogen and oxygen atoms in total. The maximum absolute atomic E-state index is 12.7. The SMILES string of the molecule is CC(=O)COO.CC(=O)NC(CCS(C)(=O)=O)C(=O)CC(C(=O)NC(C(=O)O)C(C)C)C(C)C.[V].[V]. The summed E-state index contributed by atoms with van der Waals surface area (Å²) in [5.74, 6) is -4.55. The number of hydrogen-bond donors (Lipinski definition) is 4. The molecule has 0 saturated carbocycles. The Kier molecular flexibility index (Phi) is 24.2. The van der Waals surface area contributed by atoms with Gasteiger partial charge in [0.25, 0.3) is 0 Å². The maximum atomic E-state index is 12.7. The van der Waals surface area contributed by atoms with Crippen LogP contribution in [0.4, 0.5) is 0 Å². The second-order valence-corrected chi connectivity index (χ2v) is 11.0. The number of carboxylic acid groups (broad SMARTS) is 1. The van der Waals surface area contributed by atoms with Crippen molar-refractivity contribution in [1.29, 1.82) is 0 Å². The van der Waals surface area contributed by atoms with Crippen molar-refractivity contribution in [2.45, 2.75) is 66.5 Å². The van der Waals surface area contributed by atoms with Crippen LogP contribution in [0.25, 0.3) is 0 Å². The van der Waals surface area contributed by atoms with E-state index in [2.05, 4.69) is 15.5 Å². The van der Waals surface area contributed by atoms with Gasteiger partial charge in [0.2, 0.25) is 11.8 Å². The number of carboxylic acids is 1. The number of rotatable bonds is 14. The third kappa shape index (κ3) is 20.9. The van der Waals surface area contributed by atoms with Gasteiger partial charge in [-0.1, -0.05) is 27.7 Å². The number of aliphatic carboxylic acids is 1. The molecule has 0 aromatic carbocycles. The minimum atomic E-state index is -3.33. The van der Waals surface area contributed by atoms with Crippen LogP contribution in [0, 0.1) is 17.8 Å². The summed E-state index contributed by atoms with van der Waals surface area (Å²) in [5.41, 5.74) is 0. The first-order valence-electron chi connectivity index (χ1n) is 10.7. The van der Waals surface area contributed by atoms with Crippen molar-refractivity contribution in [3.8, 4) is 0 Å². The molecule has 2 amide bonds. The Morgan fingerprint density at radius 2 is 1.42 bits per heavy atom. The molecule has 0 heterocycles. The van der Waals surface area contributed by atoms with Crippen LogP contribution in [0.3, 0.4) is 0 Å². The second-order valence-electron chi connectivity index (χ2n) is 8.74. The number of hydrogen-bond acceptors (Lipinski definition) is 9. The molecular weight excluding hydrogens is 574 g/mol. The Hall–Kier alpha value is -1.21. The van der Waals surface area contributed by atoms with Gasteiger partial charge in [0.15, 0.2) is 11.6 Å². The molecule has 3 unspecified atom stereocenters. The van der Waals surface area contributed by atoms with Gasteiger partial charge in [-0.15, -0.1) is 0 Å². The molecular formula is C21H38N2O10SV2. The molecule has 0 aromatic heterocycles. The molecule has 0 aliphatic heterocycles. The van der Waals surface area contributed by atoms with E-state index in [1.165, 1.54) is 13.8 Å². The first kappa shape index (κ1) is 41.9. The number of ketones is 2. The third-order valence-corrected chi connectivity index (χ3v) is 5.58. The molecule has 0 saturated heterocycles. The Morgan fingerprint density at radius 1 is 0.917 bits per heavy atom. The van der Waals surface area contributed by atoms with Crippen molar-refractivity contribution in [2.24, 2.45) is 17.8 Å². The van der Waals surface area contributed by atoms with Crippen molar-refractivity contribution in [1.82, 2.24) is 10.6 Å². The smallest absolute Gasteiger partial charge is 0.326 e. The molecule has 0 aliphatic rings. The molecule has 0 spiro atoms. The Balaban J connectivity index is -0.000000567. The molecule has 3 atom stereocenters. The number of Topliss-reactive ketones (excluding diaryl/α,β-unsaturated/α-hetero) is 2. The van der Waals surface area contributed by atoms with E-state index in [0.717, 1.165) is 6.26 Å². The first-order chi connectivity index (χ1) is 15.4. The van der Waals surface area contributed by atoms with Gasteiger partial charge in [0, 0.05) is 62.6 Å². The number of carbonyl (C=O) groups is 5. The normalized spacial score (nSPS) is 13.1.